The summed E-state index contributed by atoms with van der Waals surface area (Å²) >= 11 is 6.97. The van der Waals surface area contributed by atoms with Crippen molar-refractivity contribution >= 4 is 40.1 Å². The Balaban J connectivity index is 1.38. The Morgan fingerprint density at radius 2 is 1.59 bits per heavy atom. The Morgan fingerprint density at radius 1 is 0.948 bits per heavy atom. The van der Waals surface area contributed by atoms with Crippen LogP contribution in [-0.2, 0) is 25.8 Å². The summed E-state index contributed by atoms with van der Waals surface area (Å²) in [6, 6.07) is 19.0. The summed E-state index contributed by atoms with van der Waals surface area (Å²) in [6.45, 7) is 2.32. The largest absolute Gasteiger partial charge is 0.497 e. The normalized spacial score (nSPS) is 11.4. The molecule has 0 saturated carbocycles. The molecule has 0 saturated heterocycles. The molecule has 1 amide bonds. The van der Waals surface area contributed by atoms with Gasteiger partial charge in [0.05, 0.1) is 54.2 Å². The molecule has 6 rings (SSSR count). The first kappa shape index (κ1) is 41.2. The predicted octanol–water partition coefficient (Wildman–Crippen LogP) is 7.87. The summed E-state index contributed by atoms with van der Waals surface area (Å²) < 4.78 is 61.8. The number of nitrogens with zero attached hydrogens (tertiary/aromatic N) is 5. The lowest BCUT2D eigenvalue weighted by Gasteiger charge is -2.27. The highest BCUT2D eigenvalue weighted by Gasteiger charge is 2.38. The summed E-state index contributed by atoms with van der Waals surface area (Å²) in [5.41, 5.74) is 0.496. The second-order valence-corrected chi connectivity index (χ2v) is 13.6. The van der Waals surface area contributed by atoms with E-state index in [1.165, 1.54) is 32.3 Å². The molecule has 0 aliphatic heterocycles. The van der Waals surface area contributed by atoms with E-state index in [-0.39, 0.29) is 71.4 Å². The molecule has 0 spiro atoms. The molecule has 302 valence electrons. The van der Waals surface area contributed by atoms with Gasteiger partial charge in [0.25, 0.3) is 5.56 Å². The number of benzene rings is 3. The maximum atomic E-state index is 15.0. The Labute approximate surface area is 336 Å². The van der Waals surface area contributed by atoms with Crippen molar-refractivity contribution in [1.82, 2.24) is 25.3 Å². The van der Waals surface area contributed by atoms with Crippen LogP contribution >= 0.6 is 11.6 Å². The van der Waals surface area contributed by atoms with Crippen molar-refractivity contribution in [3.63, 3.8) is 0 Å². The minimum atomic E-state index is -4.85. The highest BCUT2D eigenvalue weighted by Crippen LogP contribution is 2.46. The SMILES string of the molecule is COc1ccc(CN(Cc2ccc(OC)cc2)c2cc(C)c(C(F)(F)F)c(-c3cc4nc[nH]c(=O)c4c(OCCNCc4cncc(N(C)C(=O)O)c4)c3Cl)n2)cc1. The molecule has 0 unspecified atom stereocenters. The van der Waals surface area contributed by atoms with Crippen molar-refractivity contribution in [2.45, 2.75) is 32.7 Å². The highest BCUT2D eigenvalue weighted by atomic mass is 35.5. The fraction of sp³-hybridized carbons (Fsp3) is 0.244. The van der Waals surface area contributed by atoms with E-state index in [0.29, 0.717) is 22.7 Å². The van der Waals surface area contributed by atoms with Gasteiger partial charge in [-0.3, -0.25) is 14.7 Å². The maximum Gasteiger partial charge on any atom is 0.418 e. The van der Waals surface area contributed by atoms with Gasteiger partial charge in [0.1, 0.15) is 29.3 Å². The van der Waals surface area contributed by atoms with Crippen molar-refractivity contribution in [2.24, 2.45) is 0 Å². The van der Waals surface area contributed by atoms with E-state index < -0.39 is 29.1 Å². The first-order valence-electron chi connectivity index (χ1n) is 17.8. The number of rotatable bonds is 15. The number of H-pyrrole nitrogens is 1. The van der Waals surface area contributed by atoms with E-state index in [2.05, 4.69) is 25.3 Å². The van der Waals surface area contributed by atoms with E-state index in [9.17, 15) is 14.7 Å². The van der Waals surface area contributed by atoms with E-state index >= 15 is 13.2 Å². The molecule has 0 atom stereocenters. The van der Waals surface area contributed by atoms with Crippen LogP contribution in [0.2, 0.25) is 5.02 Å². The molecule has 0 radical (unpaired) electrons. The Hall–Kier alpha value is -6.39. The maximum absolute atomic E-state index is 15.0. The van der Waals surface area contributed by atoms with Crippen molar-refractivity contribution in [3.8, 4) is 28.5 Å². The monoisotopic (exact) mass is 817 g/mol. The third kappa shape index (κ3) is 9.41. The number of carbonyl (C=O) groups is 1. The Morgan fingerprint density at radius 3 is 2.17 bits per heavy atom. The van der Waals surface area contributed by atoms with Gasteiger partial charge in [-0.05, 0) is 71.6 Å². The molecule has 3 N–H and O–H groups in total. The number of aryl methyl sites for hydroxylation is 1. The van der Waals surface area contributed by atoms with Crippen LogP contribution in [0.25, 0.3) is 22.2 Å². The molecule has 0 bridgehead atoms. The number of nitrogens with one attached hydrogen (secondary N) is 2. The van der Waals surface area contributed by atoms with Crippen LogP contribution < -0.4 is 34.9 Å². The van der Waals surface area contributed by atoms with E-state index in [0.717, 1.165) is 22.4 Å². The topological polar surface area (TPSA) is 155 Å². The molecule has 17 heteroatoms. The number of pyridine rings is 2. The van der Waals surface area contributed by atoms with E-state index in [4.69, 9.17) is 25.8 Å². The number of amides is 1. The second-order valence-electron chi connectivity index (χ2n) is 13.2. The van der Waals surface area contributed by atoms with Crippen LogP contribution in [0.4, 0.5) is 29.5 Å². The number of ether oxygens (including phenoxy) is 3. The average molecular weight is 818 g/mol. The molecule has 13 nitrogen and oxygen atoms in total. The minimum absolute atomic E-state index is 0.0443. The molecule has 0 aliphatic carbocycles. The zero-order chi connectivity index (χ0) is 41.6. The molecular weight excluding hydrogens is 779 g/mol. The van der Waals surface area contributed by atoms with Gasteiger partial charge in [0, 0.05) is 45.0 Å². The first-order chi connectivity index (χ1) is 27.8. The third-order valence-corrected chi connectivity index (χ3v) is 9.64. The van der Waals surface area contributed by atoms with E-state index in [1.54, 1.807) is 50.7 Å². The lowest BCUT2D eigenvalue weighted by atomic mass is 9.99. The third-order valence-electron chi connectivity index (χ3n) is 9.27. The lowest BCUT2D eigenvalue weighted by Crippen LogP contribution is -2.25. The number of aromatic amines is 1. The molecule has 0 aliphatic rings. The molecule has 3 aromatic heterocycles. The molecule has 3 aromatic carbocycles. The van der Waals surface area contributed by atoms with Gasteiger partial charge in [0.2, 0.25) is 0 Å². The van der Waals surface area contributed by atoms with Crippen LogP contribution in [0, 0.1) is 6.92 Å². The van der Waals surface area contributed by atoms with Gasteiger partial charge in [-0.2, -0.15) is 13.2 Å². The standard InChI is InChI=1S/C41H39ClF3N7O6/c1-24-15-33(52(21-25-5-9-29(56-3)10-6-25)22-26-7-11-30(57-4)12-8-26)50-37(35(24)41(43,44)45)31-17-32-34(39(53)49-23-48-32)38(36(31)42)58-14-13-46-18-27-16-28(20-47-19-27)51(2)40(54)55/h5-12,15-17,19-20,23,46H,13-14,18,21-22H2,1-4H3,(H,54,55)(H,48,49,53). The van der Waals surface area contributed by atoms with Crippen molar-refractivity contribution in [3.05, 3.63) is 129 Å². The summed E-state index contributed by atoms with van der Waals surface area (Å²) in [5.74, 6) is 1.37. The van der Waals surface area contributed by atoms with Crippen molar-refractivity contribution in [1.29, 1.82) is 0 Å². The molecule has 6 aromatic rings. The van der Waals surface area contributed by atoms with Crippen molar-refractivity contribution < 1.29 is 37.3 Å². The average Bonchev–Trinajstić information content (AvgIpc) is 3.20. The zero-order valence-corrected chi connectivity index (χ0v) is 32.6. The number of aromatic nitrogens is 4. The molecule has 3 heterocycles. The van der Waals surface area contributed by atoms with Crippen LogP contribution in [0.15, 0.2) is 90.2 Å². The first-order valence-corrected chi connectivity index (χ1v) is 18.2. The number of methoxy groups -OCH3 is 2. The summed E-state index contributed by atoms with van der Waals surface area (Å²) in [6.07, 6.45) is -1.86. The van der Waals surface area contributed by atoms with Crippen LogP contribution in [0.1, 0.15) is 27.8 Å². The van der Waals surface area contributed by atoms with Crippen molar-refractivity contribution in [2.75, 3.05) is 44.2 Å². The smallest absolute Gasteiger partial charge is 0.418 e. The van der Waals surface area contributed by atoms with Gasteiger partial charge in [-0.1, -0.05) is 35.9 Å². The minimum Gasteiger partial charge on any atom is -0.497 e. The number of fused-ring (bicyclic) bond motifs is 1. The lowest BCUT2D eigenvalue weighted by molar-refractivity contribution is -0.137. The van der Waals surface area contributed by atoms with E-state index in [1.807, 2.05) is 29.2 Å². The van der Waals surface area contributed by atoms with Gasteiger partial charge < -0.3 is 34.5 Å². The van der Waals surface area contributed by atoms with Crippen LogP contribution in [0.3, 0.4) is 0 Å². The van der Waals surface area contributed by atoms with Crippen LogP contribution in [0.5, 0.6) is 17.2 Å². The van der Waals surface area contributed by atoms with Gasteiger partial charge >= 0.3 is 12.3 Å². The molecular formula is C41H39ClF3N7O6. The number of hydrogen-bond donors (Lipinski definition) is 3. The highest BCUT2D eigenvalue weighted by molar-refractivity contribution is 6.36. The number of hydrogen-bond acceptors (Lipinski definition) is 10. The molecule has 58 heavy (non-hydrogen) atoms. The van der Waals surface area contributed by atoms with Gasteiger partial charge in [-0.15, -0.1) is 0 Å². The molecule has 0 fully saturated rings. The van der Waals surface area contributed by atoms with Crippen LogP contribution in [-0.4, -0.2) is 65.6 Å². The predicted molar refractivity (Wildman–Crippen MR) is 214 cm³/mol. The fourth-order valence-electron chi connectivity index (χ4n) is 6.30. The van der Waals surface area contributed by atoms with Gasteiger partial charge in [0.15, 0.2) is 5.75 Å². The summed E-state index contributed by atoms with van der Waals surface area (Å²) in [4.78, 5) is 42.9. The summed E-state index contributed by atoms with van der Waals surface area (Å²) in [7, 11) is 4.52. The fourth-order valence-corrected chi connectivity index (χ4v) is 6.59. The number of halogens is 4. The Kier molecular flexibility index (Phi) is 12.7. The Bertz CT molecular complexity index is 2420. The second kappa shape index (κ2) is 17.8. The summed E-state index contributed by atoms with van der Waals surface area (Å²) in [5, 5.41) is 12.1. The number of alkyl halides is 3. The van der Waals surface area contributed by atoms with Gasteiger partial charge in [-0.25, -0.2) is 14.8 Å². The quantitative estimate of drug-likeness (QED) is 0.0868. The number of carboxylic acid groups (broad SMARTS) is 1. The zero-order valence-electron chi connectivity index (χ0n) is 31.9. The number of anilines is 2.